The van der Waals surface area contributed by atoms with Gasteiger partial charge in [-0.2, -0.15) is 0 Å². The van der Waals surface area contributed by atoms with Crippen LogP contribution in [0.5, 0.6) is 0 Å². The number of nitrogens with zero attached hydrogens (tertiary/aromatic N) is 10. The number of ketones is 1. The maximum Gasteiger partial charge on any atom is 0.407 e. The number of halogens is 3. The number of terminal acetylenes is 4. The van der Waals surface area contributed by atoms with Crippen LogP contribution in [0.15, 0.2) is 147 Å². The number of aldehydes is 1. The number of likely N-dealkylation sites (tertiary alicyclic amines) is 3. The number of alkyl carbamates (subject to hydrolysis) is 1. The number of aryl methyl sites for hydroxylation is 2. The zero-order valence-electron chi connectivity index (χ0n) is 62.2. The highest BCUT2D eigenvalue weighted by Gasteiger charge is 2.25. The molecule has 0 aliphatic carbocycles. The molecule has 20 nitrogen and oxygen atoms in total. The number of aromatic nitrogens is 6. The third kappa shape index (κ3) is 24.2. The first-order chi connectivity index (χ1) is 51.9. The Morgan fingerprint density at radius 2 is 1.00 bits per heavy atom. The third-order valence-corrected chi connectivity index (χ3v) is 18.6. The first-order valence-corrected chi connectivity index (χ1v) is 35.4. The predicted octanol–water partition coefficient (Wildman–Crippen LogP) is 10.3. The van der Waals surface area contributed by atoms with Crippen LogP contribution in [0.4, 0.5) is 23.7 Å². The summed E-state index contributed by atoms with van der Waals surface area (Å²) in [6.45, 7) is 19.5. The van der Waals surface area contributed by atoms with Crippen LogP contribution in [0.2, 0.25) is 0 Å². The van der Waals surface area contributed by atoms with E-state index in [2.05, 4.69) is 69.0 Å². The molecular formula is C84H92F3N13O7. The second kappa shape index (κ2) is 39.8. The number of alkyl halides is 1. The van der Waals surface area contributed by atoms with Crippen LogP contribution in [0.25, 0.3) is 33.1 Å². The molecule has 13 rings (SSSR count). The lowest BCUT2D eigenvalue weighted by molar-refractivity contribution is -0.112. The van der Waals surface area contributed by atoms with Gasteiger partial charge in [0.2, 0.25) is 0 Å². The fourth-order valence-electron chi connectivity index (χ4n) is 12.5. The minimum absolute atomic E-state index is 0.0293. The second-order valence-electron chi connectivity index (χ2n) is 27.3. The number of nitrogens with one attached hydrogen (secondary N) is 2. The van der Waals surface area contributed by atoms with Crippen molar-refractivity contribution in [1.82, 2.24) is 54.0 Å². The summed E-state index contributed by atoms with van der Waals surface area (Å²) in [4.78, 5) is 93.7. The Morgan fingerprint density at radius 3 is 1.42 bits per heavy atom. The van der Waals surface area contributed by atoms with Gasteiger partial charge in [0.05, 0.1) is 72.1 Å². The Labute approximate surface area is 624 Å². The van der Waals surface area contributed by atoms with Gasteiger partial charge in [-0.3, -0.25) is 33.4 Å². The third-order valence-electron chi connectivity index (χ3n) is 18.6. The maximum atomic E-state index is 13.7. The smallest absolute Gasteiger partial charge is 0.407 e. The highest BCUT2D eigenvalue weighted by molar-refractivity contribution is 6.29. The number of carbonyl (C=O) groups excluding carboxylic acids is 3. The van der Waals surface area contributed by atoms with Crippen molar-refractivity contribution in [3.8, 4) is 49.4 Å². The lowest BCUT2D eigenvalue weighted by Gasteiger charge is -2.33. The van der Waals surface area contributed by atoms with Crippen LogP contribution >= 0.6 is 0 Å². The van der Waals surface area contributed by atoms with E-state index in [9.17, 15) is 41.9 Å². The zero-order chi connectivity index (χ0) is 77.9. The first kappa shape index (κ1) is 80.0. The molecule has 6 aromatic carbocycles. The van der Waals surface area contributed by atoms with Crippen molar-refractivity contribution in [1.29, 1.82) is 0 Å². The van der Waals surface area contributed by atoms with Gasteiger partial charge in [-0.1, -0.05) is 47.9 Å². The molecule has 7 heterocycles. The van der Waals surface area contributed by atoms with Gasteiger partial charge >= 0.3 is 6.09 Å². The zero-order valence-corrected chi connectivity index (χ0v) is 61.2. The number of fused-ring (bicyclic) bond motifs is 4. The van der Waals surface area contributed by atoms with Gasteiger partial charge in [-0.25, -0.2) is 28.5 Å². The van der Waals surface area contributed by atoms with Crippen LogP contribution in [0, 0.1) is 74.9 Å². The molecule has 1 amide bonds. The van der Waals surface area contributed by atoms with Crippen molar-refractivity contribution in [2.45, 2.75) is 129 Å². The molecule has 0 atom stereocenters. The highest BCUT2D eigenvalue weighted by atomic mass is 19.1. The largest absolute Gasteiger partial charge is 0.444 e. The first-order valence-electron chi connectivity index (χ1n) is 36.1. The summed E-state index contributed by atoms with van der Waals surface area (Å²) in [6, 6.07) is 32.8. The molecule has 0 unspecified atom stereocenters. The molecule has 3 saturated heterocycles. The number of rotatable bonds is 14. The van der Waals surface area contributed by atoms with Crippen LogP contribution in [0.3, 0.4) is 0 Å². The Bertz CT molecular complexity index is 5020. The Balaban J connectivity index is 0.000000177. The summed E-state index contributed by atoms with van der Waals surface area (Å²) in [6.07, 6.45) is 33.7. The van der Waals surface area contributed by atoms with Crippen LogP contribution in [-0.2, 0) is 42.1 Å². The molecule has 0 radical (unpaired) electrons. The molecule has 23 heteroatoms. The molecule has 9 aromatic rings. The molecule has 4 N–H and O–H groups in total. The van der Waals surface area contributed by atoms with E-state index < -0.39 is 12.8 Å². The van der Waals surface area contributed by atoms with E-state index in [1.807, 2.05) is 106 Å². The van der Waals surface area contributed by atoms with Crippen molar-refractivity contribution in [3.05, 3.63) is 221 Å². The Morgan fingerprint density at radius 1 is 0.589 bits per heavy atom. The van der Waals surface area contributed by atoms with Gasteiger partial charge in [-0.05, 0) is 207 Å². The van der Waals surface area contributed by atoms with E-state index in [1.165, 1.54) is 30.9 Å². The van der Waals surface area contributed by atoms with Crippen LogP contribution < -0.4 is 33.0 Å². The molecule has 0 spiro atoms. The van der Waals surface area contributed by atoms with Gasteiger partial charge in [0, 0.05) is 111 Å². The Kier molecular flexibility index (Phi) is 29.8. The average Bonchev–Trinajstić information content (AvgIpc) is 0.809. The number of hydrogen-bond acceptors (Lipinski definition) is 16. The lowest BCUT2D eigenvalue weighted by Crippen LogP contribution is -2.46. The van der Waals surface area contributed by atoms with Crippen LogP contribution in [-0.4, -0.2) is 158 Å². The number of carbonyl (C=O) groups is 3. The minimum atomic E-state index is -1.00. The van der Waals surface area contributed by atoms with Gasteiger partial charge in [0.25, 0.3) is 16.7 Å². The van der Waals surface area contributed by atoms with E-state index in [1.54, 1.807) is 45.7 Å². The quantitative estimate of drug-likeness (QED) is 0.0678. The summed E-state index contributed by atoms with van der Waals surface area (Å²) in [5, 5.41) is 6.49. The number of piperidine rings is 3. The van der Waals surface area contributed by atoms with Gasteiger partial charge in [-0.15, -0.1) is 25.7 Å². The molecule has 4 aliphatic heterocycles. The number of Topliss-reactive ketones (excluding diaryl/α,β-unsaturated/α-hetero) is 1. The van der Waals surface area contributed by atoms with Crippen molar-refractivity contribution >= 4 is 63.2 Å². The van der Waals surface area contributed by atoms with Crippen molar-refractivity contribution in [2.24, 2.45) is 10.7 Å². The summed E-state index contributed by atoms with van der Waals surface area (Å²) in [5.74, 6) is 9.92. The molecule has 3 aromatic heterocycles. The van der Waals surface area contributed by atoms with E-state index in [0.29, 0.717) is 67.7 Å². The Hall–Kier alpha value is -11.2. The maximum absolute atomic E-state index is 13.7. The number of ether oxygens (including phenoxy) is 1. The second-order valence-corrected chi connectivity index (χ2v) is 27.3. The van der Waals surface area contributed by atoms with E-state index in [0.717, 1.165) is 170 Å². The SMILES string of the molecule is C#Cc1ccc2c(c1)CC(=O)C=N2.C#Cc1ccc2ncc(=O)n(CCN3CCC(N)CC3)c2c1.C#Cc1ccc2ncc(=O)n(CCN3CCC(NC(=O)OC(C)(C)C)CC3)c2c1.C#Cc1ccc2ncc(=O)n(CCN3CCC(NCc4ccc(C)c(F)c4)CC3)c2c1.Cc1ccc(C=O)cc1F.[2H]CF. The monoisotopic (exact) mass is 1450 g/mol. The molecule has 4 aliphatic rings. The molecular weight excluding hydrogens is 1360 g/mol. The van der Waals surface area contributed by atoms with E-state index in [-0.39, 0.29) is 46.2 Å². The standard InChI is InChI=1S/C25H27FN4O.C22H28N4O3.C17H20N4O.C11H7NO.C8H7FO.CH3F/c1-3-19-6-7-23-24(15-19)30(25(31)17-28-23)13-12-29-10-8-21(9-11-29)27-16-20-5-4-18(2)22(26)14-20;1-5-16-6-7-18-19(14-16)26(20(27)15-23-18)13-12-25-10-8-17(9-11-25)24-21(28)29-22(2,3)4;1-2-13-3-4-15-16(11-13)21(17(22)12-19-15)10-9-20-7-5-14(18)6-8-20;1-2-8-3-4-11-9(5-8)6-10(13)7-12-11;1-6-2-3-7(5-10)4-8(6)9;1-2/h1,4-7,14-15,17,21,27H,8-13,16H2,2H3;1,6-7,14-15,17H,8-13H2,2-4H3,(H,24,28);1,3-4,11-12,14H,5-10,18H2;1,3-5,7H,6H2;2-5H,1H3;1H3/i;;;;;1D. The molecule has 3 fully saturated rings. The van der Waals surface area contributed by atoms with Crippen molar-refractivity contribution in [3.63, 3.8) is 0 Å². The molecule has 107 heavy (non-hydrogen) atoms. The molecule has 556 valence electrons. The lowest BCUT2D eigenvalue weighted by atomic mass is 10.0. The topological polar surface area (TPSA) is 237 Å². The number of nitrogens with two attached hydrogens (primary N) is 1. The van der Waals surface area contributed by atoms with Crippen molar-refractivity contribution < 1.29 is 33.7 Å². The van der Waals surface area contributed by atoms with Gasteiger partial charge < -0.3 is 49.5 Å². The van der Waals surface area contributed by atoms with Gasteiger partial charge in [0.15, 0.2) is 5.78 Å². The number of benzene rings is 6. The summed E-state index contributed by atoms with van der Waals surface area (Å²) in [7, 11) is -1.00. The number of aliphatic imine (C=N–C) groups is 1. The average molecular weight is 1450 g/mol. The summed E-state index contributed by atoms with van der Waals surface area (Å²) >= 11 is 0. The van der Waals surface area contributed by atoms with Gasteiger partial charge in [0.1, 0.15) is 23.5 Å². The minimum Gasteiger partial charge on any atom is -0.444 e. The summed E-state index contributed by atoms with van der Waals surface area (Å²) in [5.41, 5.74) is 17.1. The highest BCUT2D eigenvalue weighted by Crippen LogP contribution is 2.24. The molecule has 0 saturated carbocycles. The predicted molar refractivity (Wildman–Crippen MR) is 417 cm³/mol. The normalized spacial score (nSPS) is 14.9. The van der Waals surface area contributed by atoms with E-state index in [4.69, 9.17) is 37.5 Å². The number of hydrogen-bond donors (Lipinski definition) is 3. The number of amides is 1. The summed E-state index contributed by atoms with van der Waals surface area (Å²) < 4.78 is 52.4. The van der Waals surface area contributed by atoms with Crippen LogP contribution in [0.1, 0.15) is 116 Å². The van der Waals surface area contributed by atoms with Crippen molar-refractivity contribution in [2.75, 3.05) is 66.1 Å². The molecule has 0 bridgehead atoms. The van der Waals surface area contributed by atoms with E-state index >= 15 is 0 Å². The fourth-order valence-corrected chi connectivity index (χ4v) is 12.5. The fraction of sp³-hybridized carbons (Fsp3) is 0.357.